The van der Waals surface area contributed by atoms with Crippen LogP contribution in [0.1, 0.15) is 106 Å². The summed E-state index contributed by atoms with van der Waals surface area (Å²) in [6.45, 7) is 13.3. The number of aliphatic hydroxyl groups is 17. The lowest BCUT2D eigenvalue weighted by atomic mass is 9.96. The molecule has 0 spiro atoms. The van der Waals surface area contributed by atoms with Gasteiger partial charge in [0, 0.05) is 12.3 Å². The summed E-state index contributed by atoms with van der Waals surface area (Å²) in [5.41, 5.74) is 0. The molecule has 5 heterocycles. The van der Waals surface area contributed by atoms with E-state index in [0.717, 1.165) is 38.1 Å². The molecule has 0 amide bonds. The van der Waals surface area contributed by atoms with E-state index in [-0.39, 0.29) is 78.4 Å². The lowest BCUT2D eigenvalue weighted by Crippen LogP contribution is -2.57. The topological polar surface area (TPSA) is 403 Å². The maximum atomic E-state index is 9.27. The van der Waals surface area contributed by atoms with E-state index < -0.39 is 86.0 Å². The standard InChI is InChI=1S/C7H14O5.C7H16O5.C7H16O4.C7H12O3.C7H14O2.C7H10O2.C4H10O2.CH4/c1-3-5(9)7(11)6(10)4(2-8)12-3;1-2-4(9)6(11)7(12)5(10)3-8;1-2-6(9)4-11-5-7(10)3-8;1-4-2-9-7-5(8)3-10-6(4)7;2*1-2-6-3-4-7(5-8)9-6;1-2-4(6)3-5;/h3-11H,2H2,1H3;4-12H,2-3H2,1H3;6-10H,2-5H2,1H3;4-8H,2-3H2,1H3;6-8H,2-5H2,1H3;3-4,8H,2,5H2,1H3;4-6H,2-3H2,1H3;1H4. The fourth-order valence-electron chi connectivity index (χ4n) is 6.31. The van der Waals surface area contributed by atoms with Crippen LogP contribution in [0, 0.1) is 5.92 Å². The Balaban J connectivity index is -0.000000752. The van der Waals surface area contributed by atoms with Crippen LogP contribution in [0.2, 0.25) is 0 Å². The molecule has 4 saturated heterocycles. The summed E-state index contributed by atoms with van der Waals surface area (Å²) >= 11 is 0. The first-order chi connectivity index (χ1) is 32.6. The zero-order valence-electron chi connectivity index (χ0n) is 41.6. The Labute approximate surface area is 414 Å². The van der Waals surface area contributed by atoms with Crippen molar-refractivity contribution in [3.8, 4) is 0 Å². The monoisotopic (exact) mass is 1030 g/mol. The first-order valence-electron chi connectivity index (χ1n) is 24.0. The summed E-state index contributed by atoms with van der Waals surface area (Å²) in [5.74, 6) is 2.02. The first kappa shape index (κ1) is 72.6. The molecule has 0 radical (unpaired) electrons. The van der Waals surface area contributed by atoms with Gasteiger partial charge in [0.15, 0.2) is 0 Å². The van der Waals surface area contributed by atoms with Gasteiger partial charge in [-0.05, 0) is 57.6 Å². The van der Waals surface area contributed by atoms with Gasteiger partial charge in [0.2, 0.25) is 0 Å². The second-order valence-corrected chi connectivity index (χ2v) is 17.0. The Morgan fingerprint density at radius 1 is 0.586 bits per heavy atom. The molecule has 0 aliphatic carbocycles. The van der Waals surface area contributed by atoms with Crippen molar-refractivity contribution in [2.45, 2.75) is 211 Å². The fourth-order valence-corrected chi connectivity index (χ4v) is 6.31. The molecule has 4 fully saturated rings. The van der Waals surface area contributed by atoms with Gasteiger partial charge in [-0.25, -0.2) is 0 Å². The molecule has 0 aromatic carbocycles. The average molecular weight is 1030 g/mol. The highest BCUT2D eigenvalue weighted by Gasteiger charge is 2.45. The SMILES string of the molecule is C.CC1COC2C(O)COC12.CC1OC(CO)C(O)C(O)C1O.CCC(O)C(O)C(O)C(O)CO.CCC(O)CO.CCC(O)COCC(O)CO.CCC1CCC(CO)O1.CCc1ccc(CO)o1. The van der Waals surface area contributed by atoms with Crippen molar-refractivity contribution in [3.05, 3.63) is 23.7 Å². The lowest BCUT2D eigenvalue weighted by Gasteiger charge is -2.38. The van der Waals surface area contributed by atoms with Crippen LogP contribution in [-0.4, -0.2) is 250 Å². The van der Waals surface area contributed by atoms with Gasteiger partial charge in [-0.2, -0.15) is 0 Å². The van der Waals surface area contributed by atoms with Gasteiger partial charge in [-0.15, -0.1) is 0 Å². The molecule has 17 N–H and O–H groups in total. The average Bonchev–Trinajstić information content (AvgIpc) is 4.21. The van der Waals surface area contributed by atoms with Crippen LogP contribution in [0.4, 0.5) is 0 Å². The molecule has 4 aliphatic rings. The van der Waals surface area contributed by atoms with E-state index in [1.54, 1.807) is 19.9 Å². The number of furan rings is 1. The third-order valence-corrected chi connectivity index (χ3v) is 11.2. The smallest absolute Gasteiger partial charge is 0.129 e. The van der Waals surface area contributed by atoms with Crippen molar-refractivity contribution in [1.82, 2.24) is 0 Å². The lowest BCUT2D eigenvalue weighted by molar-refractivity contribution is -0.224. The van der Waals surface area contributed by atoms with E-state index >= 15 is 0 Å². The summed E-state index contributed by atoms with van der Waals surface area (Å²) in [5, 5.41) is 150. The molecule has 18 atom stereocenters. The molecule has 5 rings (SSSR count). The predicted octanol–water partition coefficient (Wildman–Crippen LogP) is -2.75. The second-order valence-electron chi connectivity index (χ2n) is 17.0. The maximum absolute atomic E-state index is 9.27. The molecular weight excluding hydrogens is 932 g/mol. The predicted molar refractivity (Wildman–Crippen MR) is 255 cm³/mol. The molecule has 18 unspecified atom stereocenters. The van der Waals surface area contributed by atoms with Crippen LogP contribution in [0.3, 0.4) is 0 Å². The molecule has 23 heteroatoms. The summed E-state index contributed by atoms with van der Waals surface area (Å²) in [7, 11) is 0. The molecule has 23 nitrogen and oxygen atoms in total. The molecule has 70 heavy (non-hydrogen) atoms. The molecular formula is C47H96O23. The minimum absolute atomic E-state index is 0. The van der Waals surface area contributed by atoms with Gasteiger partial charge >= 0.3 is 0 Å². The highest BCUT2D eigenvalue weighted by Crippen LogP contribution is 2.30. The second kappa shape index (κ2) is 42.7. The van der Waals surface area contributed by atoms with Gasteiger partial charge in [0.05, 0.1) is 102 Å². The van der Waals surface area contributed by atoms with Crippen molar-refractivity contribution < 1.29 is 115 Å². The molecule has 0 bridgehead atoms. The number of aliphatic hydroxyl groups excluding tert-OH is 17. The maximum Gasteiger partial charge on any atom is 0.129 e. The fraction of sp³-hybridized carbons (Fsp3) is 0.915. The third-order valence-electron chi connectivity index (χ3n) is 11.2. The summed E-state index contributed by atoms with van der Waals surface area (Å²) in [6.07, 6.45) is -6.24. The van der Waals surface area contributed by atoms with Crippen LogP contribution in [0.25, 0.3) is 0 Å². The van der Waals surface area contributed by atoms with Crippen molar-refractivity contribution in [1.29, 1.82) is 0 Å². The van der Waals surface area contributed by atoms with E-state index in [9.17, 15) is 20.4 Å². The van der Waals surface area contributed by atoms with Crippen molar-refractivity contribution in [2.24, 2.45) is 5.92 Å². The Bertz CT molecular complexity index is 1220. The number of ether oxygens (including phenoxy) is 5. The zero-order valence-corrected chi connectivity index (χ0v) is 41.6. The van der Waals surface area contributed by atoms with E-state index in [0.29, 0.717) is 37.2 Å². The van der Waals surface area contributed by atoms with Gasteiger partial charge in [0.1, 0.15) is 79.2 Å². The Morgan fingerprint density at radius 2 is 1.13 bits per heavy atom. The van der Waals surface area contributed by atoms with Gasteiger partial charge < -0.3 is 115 Å². The van der Waals surface area contributed by atoms with Crippen LogP contribution < -0.4 is 0 Å². The molecule has 0 saturated carbocycles. The molecule has 1 aromatic rings. The van der Waals surface area contributed by atoms with Crippen LogP contribution in [0.5, 0.6) is 0 Å². The number of fused-ring (bicyclic) bond motifs is 1. The Morgan fingerprint density at radius 3 is 1.53 bits per heavy atom. The number of rotatable bonds is 18. The van der Waals surface area contributed by atoms with Gasteiger partial charge in [-0.1, -0.05) is 49.0 Å². The minimum atomic E-state index is -1.51. The van der Waals surface area contributed by atoms with E-state index in [2.05, 4.69) is 13.8 Å². The number of aryl methyl sites for hydroxylation is 1. The summed E-state index contributed by atoms with van der Waals surface area (Å²) in [4.78, 5) is 0. The van der Waals surface area contributed by atoms with Crippen LogP contribution in [-0.2, 0) is 36.7 Å². The third kappa shape index (κ3) is 29.3. The van der Waals surface area contributed by atoms with Gasteiger partial charge in [0.25, 0.3) is 0 Å². The van der Waals surface area contributed by atoms with Crippen molar-refractivity contribution >= 4 is 0 Å². The van der Waals surface area contributed by atoms with Crippen molar-refractivity contribution in [3.63, 3.8) is 0 Å². The van der Waals surface area contributed by atoms with Crippen LogP contribution >= 0.6 is 0 Å². The number of hydrogen-bond donors (Lipinski definition) is 17. The summed E-state index contributed by atoms with van der Waals surface area (Å²) in [6, 6.07) is 3.67. The normalized spacial score (nSPS) is 29.4. The van der Waals surface area contributed by atoms with Crippen LogP contribution in [0.15, 0.2) is 16.5 Å². The van der Waals surface area contributed by atoms with Crippen molar-refractivity contribution in [2.75, 3.05) is 59.5 Å². The Hall–Kier alpha value is -1.60. The number of hydrogen-bond acceptors (Lipinski definition) is 23. The molecule has 422 valence electrons. The minimum Gasteiger partial charge on any atom is -0.464 e. The quantitative estimate of drug-likeness (QED) is 0.0708. The van der Waals surface area contributed by atoms with E-state index in [4.69, 9.17) is 94.5 Å². The zero-order chi connectivity index (χ0) is 53.2. The highest BCUT2D eigenvalue weighted by atomic mass is 16.6. The first-order valence-corrected chi connectivity index (χ1v) is 24.0. The molecule has 1 aromatic heterocycles. The largest absolute Gasteiger partial charge is 0.464 e. The van der Waals surface area contributed by atoms with E-state index in [1.807, 2.05) is 26.8 Å². The highest BCUT2D eigenvalue weighted by molar-refractivity contribution is 5.05. The summed E-state index contributed by atoms with van der Waals surface area (Å²) < 4.78 is 31.1. The Kier molecular flexibility index (Phi) is 44.3. The van der Waals surface area contributed by atoms with E-state index in [1.165, 1.54) is 0 Å². The van der Waals surface area contributed by atoms with Gasteiger partial charge in [-0.3, -0.25) is 0 Å². The molecule has 4 aliphatic heterocycles.